The zero-order valence-corrected chi connectivity index (χ0v) is 11.0. The summed E-state index contributed by atoms with van der Waals surface area (Å²) >= 11 is 0. The first-order valence-electron chi connectivity index (χ1n) is 6.34. The zero-order valence-electron chi connectivity index (χ0n) is 11.0. The van der Waals surface area contributed by atoms with Gasteiger partial charge in [-0.15, -0.1) is 0 Å². The van der Waals surface area contributed by atoms with Gasteiger partial charge in [-0.25, -0.2) is 15.0 Å². The van der Waals surface area contributed by atoms with Crippen LogP contribution in [0.4, 0.5) is 0 Å². The molecule has 1 unspecified atom stereocenters. The summed E-state index contributed by atoms with van der Waals surface area (Å²) in [6, 6.07) is 7.73. The van der Waals surface area contributed by atoms with Crippen LogP contribution in [0.3, 0.4) is 0 Å². The van der Waals surface area contributed by atoms with Crippen molar-refractivity contribution in [3.8, 4) is 11.3 Å². The highest BCUT2D eigenvalue weighted by Gasteiger charge is 2.12. The van der Waals surface area contributed by atoms with Gasteiger partial charge in [0.15, 0.2) is 5.82 Å². The van der Waals surface area contributed by atoms with Gasteiger partial charge in [-0.05, 0) is 25.1 Å². The van der Waals surface area contributed by atoms with Gasteiger partial charge in [0.1, 0.15) is 6.10 Å². The number of aliphatic hydroxyl groups excluding tert-OH is 1. The lowest BCUT2D eigenvalue weighted by atomic mass is 10.1. The molecule has 4 N–H and O–H groups in total. The minimum absolute atomic E-state index is 0.0997. The first-order chi connectivity index (χ1) is 9.67. The van der Waals surface area contributed by atoms with E-state index in [0.29, 0.717) is 5.82 Å². The number of imidazole rings is 1. The third kappa shape index (κ3) is 2.26. The zero-order chi connectivity index (χ0) is 14.1. The van der Waals surface area contributed by atoms with Crippen molar-refractivity contribution in [3.63, 3.8) is 0 Å². The second-order valence-corrected chi connectivity index (χ2v) is 4.64. The van der Waals surface area contributed by atoms with Crippen molar-refractivity contribution in [3.05, 3.63) is 42.1 Å². The number of nitrogens with two attached hydrogens (primary N) is 1. The molecule has 1 atom stereocenters. The van der Waals surface area contributed by atoms with Gasteiger partial charge in [0, 0.05) is 17.8 Å². The summed E-state index contributed by atoms with van der Waals surface area (Å²) in [5.41, 5.74) is 9.81. The lowest BCUT2D eigenvalue weighted by Gasteiger charge is -2.09. The fourth-order valence-electron chi connectivity index (χ4n) is 2.09. The quantitative estimate of drug-likeness (QED) is 0.665. The number of H-pyrrole nitrogens is 1. The first-order valence-corrected chi connectivity index (χ1v) is 6.34. The molecule has 3 rings (SSSR count). The highest BCUT2D eigenvalue weighted by molar-refractivity contribution is 5.80. The summed E-state index contributed by atoms with van der Waals surface area (Å²) in [4.78, 5) is 15.9. The number of aryl methyl sites for hydroxylation is 1. The molecule has 0 aliphatic heterocycles. The van der Waals surface area contributed by atoms with Gasteiger partial charge >= 0.3 is 0 Å². The number of fused-ring (bicyclic) bond motifs is 1. The number of aromatic nitrogens is 4. The average molecular weight is 269 g/mol. The summed E-state index contributed by atoms with van der Waals surface area (Å²) in [7, 11) is 0. The van der Waals surface area contributed by atoms with E-state index in [1.807, 2.05) is 31.2 Å². The standard InChI is InChI=1S/C14H15N5O/c1-8-4-11(19-14(18-8)13(20)6-15)9-2-3-10-12(5-9)17-7-16-10/h2-5,7,13,20H,6,15H2,1H3,(H,16,17). The van der Waals surface area contributed by atoms with Gasteiger partial charge in [0.2, 0.25) is 0 Å². The summed E-state index contributed by atoms with van der Waals surface area (Å²) in [5, 5.41) is 9.80. The van der Waals surface area contributed by atoms with Gasteiger partial charge in [0.25, 0.3) is 0 Å². The van der Waals surface area contributed by atoms with E-state index in [1.165, 1.54) is 0 Å². The van der Waals surface area contributed by atoms with Crippen molar-refractivity contribution in [1.29, 1.82) is 0 Å². The van der Waals surface area contributed by atoms with E-state index in [1.54, 1.807) is 6.33 Å². The molecule has 102 valence electrons. The number of hydrogen-bond acceptors (Lipinski definition) is 5. The predicted molar refractivity (Wildman–Crippen MR) is 75.9 cm³/mol. The molecule has 3 aromatic rings. The summed E-state index contributed by atoms with van der Waals surface area (Å²) in [5.74, 6) is 0.354. The van der Waals surface area contributed by atoms with Gasteiger partial charge in [0.05, 0.1) is 23.1 Å². The van der Waals surface area contributed by atoms with Crippen LogP contribution in [0, 0.1) is 6.92 Å². The highest BCUT2D eigenvalue weighted by atomic mass is 16.3. The van der Waals surface area contributed by atoms with Crippen LogP contribution in [0.2, 0.25) is 0 Å². The van der Waals surface area contributed by atoms with Crippen LogP contribution < -0.4 is 5.73 Å². The smallest absolute Gasteiger partial charge is 0.159 e. The summed E-state index contributed by atoms with van der Waals surface area (Å²) < 4.78 is 0. The molecule has 0 spiro atoms. The molecule has 0 fully saturated rings. The monoisotopic (exact) mass is 269 g/mol. The largest absolute Gasteiger partial charge is 0.384 e. The molecule has 0 radical (unpaired) electrons. The van der Waals surface area contributed by atoms with E-state index in [2.05, 4.69) is 19.9 Å². The minimum Gasteiger partial charge on any atom is -0.384 e. The van der Waals surface area contributed by atoms with Crippen molar-refractivity contribution >= 4 is 11.0 Å². The Morgan fingerprint density at radius 1 is 1.30 bits per heavy atom. The van der Waals surface area contributed by atoms with Crippen LogP contribution in [0.25, 0.3) is 22.3 Å². The Balaban J connectivity index is 2.10. The number of aromatic amines is 1. The number of aliphatic hydroxyl groups is 1. The van der Waals surface area contributed by atoms with Crippen molar-refractivity contribution in [2.24, 2.45) is 5.73 Å². The molecular weight excluding hydrogens is 254 g/mol. The fraction of sp³-hybridized carbons (Fsp3) is 0.214. The Hall–Kier alpha value is -2.31. The Morgan fingerprint density at radius 3 is 2.95 bits per heavy atom. The van der Waals surface area contributed by atoms with Crippen molar-refractivity contribution < 1.29 is 5.11 Å². The molecule has 0 saturated carbocycles. The topological polar surface area (TPSA) is 101 Å². The number of benzene rings is 1. The third-order valence-corrected chi connectivity index (χ3v) is 3.11. The van der Waals surface area contributed by atoms with Crippen LogP contribution in [-0.4, -0.2) is 31.6 Å². The van der Waals surface area contributed by atoms with E-state index < -0.39 is 6.10 Å². The second-order valence-electron chi connectivity index (χ2n) is 4.64. The normalized spacial score (nSPS) is 12.8. The van der Waals surface area contributed by atoms with Gasteiger partial charge in [-0.3, -0.25) is 0 Å². The van der Waals surface area contributed by atoms with Gasteiger partial charge in [-0.2, -0.15) is 0 Å². The molecule has 2 heterocycles. The van der Waals surface area contributed by atoms with Crippen LogP contribution in [0.15, 0.2) is 30.6 Å². The molecule has 1 aromatic carbocycles. The molecule has 0 amide bonds. The third-order valence-electron chi connectivity index (χ3n) is 3.11. The van der Waals surface area contributed by atoms with Gasteiger partial charge < -0.3 is 15.8 Å². The maximum absolute atomic E-state index is 9.80. The van der Waals surface area contributed by atoms with E-state index in [-0.39, 0.29) is 6.54 Å². The highest BCUT2D eigenvalue weighted by Crippen LogP contribution is 2.22. The SMILES string of the molecule is Cc1cc(-c2ccc3nc[nH]c3c2)nc(C(O)CN)n1. The number of hydrogen-bond donors (Lipinski definition) is 3. The molecule has 0 aliphatic rings. The van der Waals surface area contributed by atoms with E-state index in [9.17, 15) is 5.11 Å². The lowest BCUT2D eigenvalue weighted by molar-refractivity contribution is 0.176. The minimum atomic E-state index is -0.843. The Morgan fingerprint density at radius 2 is 2.15 bits per heavy atom. The van der Waals surface area contributed by atoms with E-state index in [0.717, 1.165) is 28.0 Å². The number of rotatable bonds is 3. The Bertz CT molecular complexity index is 752. The maximum atomic E-state index is 9.80. The summed E-state index contributed by atoms with van der Waals surface area (Å²) in [6.45, 7) is 1.97. The van der Waals surface area contributed by atoms with Crippen molar-refractivity contribution in [2.75, 3.05) is 6.54 Å². The Labute approximate surface area is 115 Å². The van der Waals surface area contributed by atoms with E-state index >= 15 is 0 Å². The second kappa shape index (κ2) is 4.99. The van der Waals surface area contributed by atoms with Crippen LogP contribution in [0.5, 0.6) is 0 Å². The predicted octanol–water partition coefficient (Wildman–Crippen LogP) is 1.32. The molecule has 2 aromatic heterocycles. The first kappa shape index (κ1) is 12.7. The molecule has 6 nitrogen and oxygen atoms in total. The van der Waals surface area contributed by atoms with Crippen LogP contribution >= 0.6 is 0 Å². The van der Waals surface area contributed by atoms with Crippen molar-refractivity contribution in [2.45, 2.75) is 13.0 Å². The maximum Gasteiger partial charge on any atom is 0.159 e. The molecular formula is C14H15N5O. The summed E-state index contributed by atoms with van der Waals surface area (Å²) in [6.07, 6.45) is 0.813. The molecule has 6 heteroatoms. The molecule has 0 bridgehead atoms. The van der Waals surface area contributed by atoms with E-state index in [4.69, 9.17) is 5.73 Å². The van der Waals surface area contributed by atoms with Crippen LogP contribution in [-0.2, 0) is 0 Å². The molecule has 0 saturated heterocycles. The molecule has 0 aliphatic carbocycles. The number of nitrogens with zero attached hydrogens (tertiary/aromatic N) is 3. The Kier molecular flexibility index (Phi) is 3.17. The van der Waals surface area contributed by atoms with Crippen LogP contribution in [0.1, 0.15) is 17.6 Å². The lowest BCUT2D eigenvalue weighted by Crippen LogP contribution is -2.15. The number of nitrogens with one attached hydrogen (secondary N) is 1. The van der Waals surface area contributed by atoms with Crippen molar-refractivity contribution in [1.82, 2.24) is 19.9 Å². The van der Waals surface area contributed by atoms with Gasteiger partial charge in [-0.1, -0.05) is 6.07 Å². The average Bonchev–Trinajstić information content (AvgIpc) is 2.93. The fourth-order valence-corrected chi connectivity index (χ4v) is 2.09. The molecule has 20 heavy (non-hydrogen) atoms.